The van der Waals surface area contributed by atoms with Gasteiger partial charge in [0.15, 0.2) is 0 Å². The molecule has 6 heteroatoms. The van der Waals surface area contributed by atoms with E-state index in [-0.39, 0.29) is 17.9 Å². The smallest absolute Gasteiger partial charge is 0.295 e. The molecule has 168 valence electrons. The van der Waals surface area contributed by atoms with Crippen molar-refractivity contribution in [2.24, 2.45) is 0 Å². The van der Waals surface area contributed by atoms with Gasteiger partial charge in [0.2, 0.25) is 0 Å². The lowest BCUT2D eigenvalue weighted by molar-refractivity contribution is -0.140. The molecule has 0 aliphatic carbocycles. The fourth-order valence-electron chi connectivity index (χ4n) is 4.02. The van der Waals surface area contributed by atoms with E-state index in [0.29, 0.717) is 29.2 Å². The first kappa shape index (κ1) is 22.1. The van der Waals surface area contributed by atoms with Gasteiger partial charge in [-0.2, -0.15) is 0 Å². The first-order valence-corrected chi connectivity index (χ1v) is 10.7. The van der Waals surface area contributed by atoms with E-state index in [0.717, 1.165) is 5.56 Å². The van der Waals surface area contributed by atoms with Crippen LogP contribution in [-0.4, -0.2) is 35.4 Å². The maximum absolute atomic E-state index is 13.2. The summed E-state index contributed by atoms with van der Waals surface area (Å²) in [7, 11) is 1.55. The van der Waals surface area contributed by atoms with E-state index in [1.165, 1.54) is 4.90 Å². The molecular weight excluding hydrogens is 418 g/mol. The molecule has 0 radical (unpaired) electrons. The maximum atomic E-state index is 13.2. The SMILES string of the molecule is CCOc1cccc(C2/C(=C(\O)c3ccc(OC)cc3)C(=O)C(=O)N2Cc2ccccc2)c1. The lowest BCUT2D eigenvalue weighted by Crippen LogP contribution is -2.29. The van der Waals surface area contributed by atoms with Crippen LogP contribution in [0.5, 0.6) is 11.5 Å². The third-order valence-corrected chi connectivity index (χ3v) is 5.58. The summed E-state index contributed by atoms with van der Waals surface area (Å²) in [5.41, 5.74) is 2.05. The molecule has 0 saturated carbocycles. The van der Waals surface area contributed by atoms with Crippen LogP contribution in [0.15, 0.2) is 84.4 Å². The normalized spacial score (nSPS) is 17.3. The summed E-state index contributed by atoms with van der Waals surface area (Å²) < 4.78 is 10.8. The summed E-state index contributed by atoms with van der Waals surface area (Å²) in [6, 6.07) is 22.7. The Bertz CT molecular complexity index is 1180. The van der Waals surface area contributed by atoms with Crippen LogP contribution in [0.1, 0.15) is 29.7 Å². The summed E-state index contributed by atoms with van der Waals surface area (Å²) in [6.07, 6.45) is 0. The Kier molecular flexibility index (Phi) is 6.45. The van der Waals surface area contributed by atoms with E-state index in [4.69, 9.17) is 9.47 Å². The zero-order chi connectivity index (χ0) is 23.4. The molecule has 0 spiro atoms. The Labute approximate surface area is 192 Å². The molecule has 1 atom stereocenters. The summed E-state index contributed by atoms with van der Waals surface area (Å²) >= 11 is 0. The second-order valence-corrected chi connectivity index (χ2v) is 7.65. The third-order valence-electron chi connectivity index (χ3n) is 5.58. The quantitative estimate of drug-likeness (QED) is 0.325. The Morgan fingerprint density at radius 3 is 2.33 bits per heavy atom. The molecule has 1 aliphatic rings. The number of ether oxygens (including phenoxy) is 2. The molecule has 0 aromatic heterocycles. The van der Waals surface area contributed by atoms with Crippen molar-refractivity contribution >= 4 is 17.4 Å². The Morgan fingerprint density at radius 2 is 1.67 bits per heavy atom. The van der Waals surface area contributed by atoms with Crippen LogP contribution in [0.4, 0.5) is 0 Å². The lowest BCUT2D eigenvalue weighted by atomic mass is 9.95. The van der Waals surface area contributed by atoms with Crippen LogP contribution < -0.4 is 9.47 Å². The van der Waals surface area contributed by atoms with Crippen LogP contribution in [0, 0.1) is 0 Å². The van der Waals surface area contributed by atoms with Crippen molar-refractivity contribution in [1.82, 2.24) is 4.90 Å². The van der Waals surface area contributed by atoms with Crippen LogP contribution in [0.2, 0.25) is 0 Å². The maximum Gasteiger partial charge on any atom is 0.295 e. The van der Waals surface area contributed by atoms with Crippen molar-refractivity contribution in [3.63, 3.8) is 0 Å². The molecule has 1 saturated heterocycles. The van der Waals surface area contributed by atoms with Crippen LogP contribution in [0.3, 0.4) is 0 Å². The number of methoxy groups -OCH3 is 1. The number of benzene rings is 3. The predicted octanol–water partition coefficient (Wildman–Crippen LogP) is 4.72. The van der Waals surface area contributed by atoms with Gasteiger partial charge >= 0.3 is 0 Å². The zero-order valence-corrected chi connectivity index (χ0v) is 18.5. The summed E-state index contributed by atoms with van der Waals surface area (Å²) in [4.78, 5) is 27.8. The zero-order valence-electron chi connectivity index (χ0n) is 18.5. The molecule has 33 heavy (non-hydrogen) atoms. The number of Topliss-reactive ketones (excluding diaryl/α,β-unsaturated/α-hetero) is 1. The number of carbonyl (C=O) groups excluding carboxylic acids is 2. The fraction of sp³-hybridized carbons (Fsp3) is 0.185. The van der Waals surface area contributed by atoms with E-state index >= 15 is 0 Å². The minimum absolute atomic E-state index is 0.0507. The monoisotopic (exact) mass is 443 g/mol. The molecule has 6 nitrogen and oxygen atoms in total. The van der Waals surface area contributed by atoms with Crippen LogP contribution in [0.25, 0.3) is 5.76 Å². The van der Waals surface area contributed by atoms with Crippen LogP contribution in [-0.2, 0) is 16.1 Å². The van der Waals surface area contributed by atoms with Gasteiger partial charge in [-0.3, -0.25) is 9.59 Å². The highest BCUT2D eigenvalue weighted by atomic mass is 16.5. The Hall–Kier alpha value is -4.06. The van der Waals surface area contributed by atoms with E-state index in [1.807, 2.05) is 55.5 Å². The lowest BCUT2D eigenvalue weighted by Gasteiger charge is -2.26. The molecule has 1 fully saturated rings. The standard InChI is InChI=1S/C27H25NO5/c1-3-33-22-11-7-10-20(16-22)24-23(25(29)19-12-14-21(32-2)15-13-19)26(30)27(31)28(24)17-18-8-5-4-6-9-18/h4-16,24,29H,3,17H2,1-2H3/b25-23+. The molecule has 1 unspecified atom stereocenters. The van der Waals surface area contributed by atoms with E-state index in [2.05, 4.69) is 0 Å². The second-order valence-electron chi connectivity index (χ2n) is 7.65. The Morgan fingerprint density at radius 1 is 0.939 bits per heavy atom. The van der Waals surface area contributed by atoms with Gasteiger partial charge in [0, 0.05) is 12.1 Å². The van der Waals surface area contributed by atoms with Gasteiger partial charge in [0.05, 0.1) is 25.3 Å². The molecule has 1 amide bonds. The minimum Gasteiger partial charge on any atom is -0.507 e. The number of amides is 1. The molecule has 1 aliphatic heterocycles. The highest BCUT2D eigenvalue weighted by molar-refractivity contribution is 6.46. The largest absolute Gasteiger partial charge is 0.507 e. The highest BCUT2D eigenvalue weighted by Gasteiger charge is 2.46. The predicted molar refractivity (Wildman–Crippen MR) is 125 cm³/mol. The van der Waals surface area contributed by atoms with Crippen molar-refractivity contribution in [2.75, 3.05) is 13.7 Å². The number of hydrogen-bond donors (Lipinski definition) is 1. The van der Waals surface area contributed by atoms with Crippen molar-refractivity contribution in [3.05, 3.63) is 101 Å². The summed E-state index contributed by atoms with van der Waals surface area (Å²) in [5.74, 6) is -0.341. The minimum atomic E-state index is -0.757. The Balaban J connectivity index is 1.85. The summed E-state index contributed by atoms with van der Waals surface area (Å²) in [6.45, 7) is 2.60. The van der Waals surface area contributed by atoms with Gasteiger partial charge in [0.1, 0.15) is 17.3 Å². The summed E-state index contributed by atoms with van der Waals surface area (Å²) in [5, 5.41) is 11.2. The molecule has 1 heterocycles. The molecule has 1 N–H and O–H groups in total. The number of likely N-dealkylation sites (tertiary alicyclic amines) is 1. The number of carbonyl (C=O) groups is 2. The first-order valence-electron chi connectivity index (χ1n) is 10.7. The third kappa shape index (κ3) is 4.46. The number of aliphatic hydroxyl groups excluding tert-OH is 1. The van der Waals surface area contributed by atoms with Gasteiger partial charge in [-0.05, 0) is 54.4 Å². The van der Waals surface area contributed by atoms with Crippen molar-refractivity contribution < 1.29 is 24.2 Å². The number of nitrogens with zero attached hydrogens (tertiary/aromatic N) is 1. The average molecular weight is 443 g/mol. The van der Waals surface area contributed by atoms with Crippen molar-refractivity contribution in [1.29, 1.82) is 0 Å². The molecule has 3 aromatic rings. The van der Waals surface area contributed by atoms with Gasteiger partial charge < -0.3 is 19.5 Å². The molecular formula is C27H25NO5. The highest BCUT2D eigenvalue weighted by Crippen LogP contribution is 2.41. The average Bonchev–Trinajstić information content (AvgIpc) is 3.09. The van der Waals surface area contributed by atoms with E-state index in [9.17, 15) is 14.7 Å². The van der Waals surface area contributed by atoms with Crippen LogP contribution >= 0.6 is 0 Å². The molecule has 4 rings (SSSR count). The number of aliphatic hydroxyl groups is 1. The fourth-order valence-corrected chi connectivity index (χ4v) is 4.02. The van der Waals surface area contributed by atoms with E-state index in [1.54, 1.807) is 37.4 Å². The number of rotatable bonds is 7. The van der Waals surface area contributed by atoms with Gasteiger partial charge in [-0.15, -0.1) is 0 Å². The molecule has 3 aromatic carbocycles. The topological polar surface area (TPSA) is 76.1 Å². The first-order chi connectivity index (χ1) is 16.0. The van der Waals surface area contributed by atoms with E-state index < -0.39 is 17.7 Å². The van der Waals surface area contributed by atoms with Gasteiger partial charge in [-0.1, -0.05) is 42.5 Å². The van der Waals surface area contributed by atoms with Gasteiger partial charge in [0.25, 0.3) is 11.7 Å². The number of ketones is 1. The number of hydrogen-bond acceptors (Lipinski definition) is 5. The second kappa shape index (κ2) is 9.61. The van der Waals surface area contributed by atoms with Crippen molar-refractivity contribution in [2.45, 2.75) is 19.5 Å². The molecule has 0 bridgehead atoms. The van der Waals surface area contributed by atoms with Gasteiger partial charge in [-0.25, -0.2) is 0 Å². The van der Waals surface area contributed by atoms with Crippen molar-refractivity contribution in [3.8, 4) is 11.5 Å².